The largest absolute Gasteiger partial charge is 0.497 e. The van der Waals surface area contributed by atoms with E-state index in [1.165, 1.54) is 5.19 Å². The van der Waals surface area contributed by atoms with Crippen LogP contribution in [0.1, 0.15) is 30.9 Å². The molecule has 1 fully saturated rings. The Morgan fingerprint density at radius 2 is 1.58 bits per heavy atom. The van der Waals surface area contributed by atoms with E-state index in [4.69, 9.17) is 4.74 Å². The van der Waals surface area contributed by atoms with Crippen LogP contribution in [0.2, 0.25) is 19.6 Å². The minimum atomic E-state index is -1.46. The zero-order valence-electron chi connectivity index (χ0n) is 19.6. The molecule has 0 bridgehead atoms. The summed E-state index contributed by atoms with van der Waals surface area (Å²) in [5.74, 6) is -2.51. The number of methoxy groups -OCH3 is 1. The van der Waals surface area contributed by atoms with Crippen LogP contribution in [0.3, 0.4) is 0 Å². The Bertz CT molecular complexity index is 999. The highest BCUT2D eigenvalue weighted by atomic mass is 28.3. The van der Waals surface area contributed by atoms with Crippen molar-refractivity contribution in [2.45, 2.75) is 44.9 Å². The van der Waals surface area contributed by atoms with E-state index in [0.29, 0.717) is 36.3 Å². The Kier molecular flexibility index (Phi) is 7.58. The highest BCUT2D eigenvalue weighted by Crippen LogP contribution is 2.33. The van der Waals surface area contributed by atoms with Gasteiger partial charge < -0.3 is 20.5 Å². The summed E-state index contributed by atoms with van der Waals surface area (Å²) in [6, 6.07) is 13.7. The Morgan fingerprint density at radius 1 is 0.970 bits per heavy atom. The Morgan fingerprint density at radius 3 is 2.12 bits per heavy atom. The molecule has 176 valence electrons. The third kappa shape index (κ3) is 6.01. The molecule has 3 rings (SSSR count). The van der Waals surface area contributed by atoms with Crippen LogP contribution in [-0.2, 0) is 14.4 Å². The van der Waals surface area contributed by atoms with Crippen LogP contribution in [-0.4, -0.2) is 38.1 Å². The molecule has 0 heterocycles. The molecule has 1 aliphatic carbocycles. The average molecular weight is 469 g/mol. The van der Waals surface area contributed by atoms with Crippen LogP contribution >= 0.6 is 0 Å². The smallest absolute Gasteiger partial charge is 0.307 e. The highest BCUT2D eigenvalue weighted by molar-refractivity contribution is 6.88. The Hall–Kier alpha value is -3.13. The molecular formula is C25H32N2O5Si. The molecule has 1 unspecified atom stereocenters. The number of carbonyl (C=O) groups is 3. The fourth-order valence-electron chi connectivity index (χ4n) is 4.18. The first-order valence-corrected chi connectivity index (χ1v) is 14.7. The van der Waals surface area contributed by atoms with Gasteiger partial charge in [0.1, 0.15) is 11.8 Å². The maximum Gasteiger partial charge on any atom is 0.307 e. The van der Waals surface area contributed by atoms with Crippen molar-refractivity contribution < 1.29 is 24.2 Å². The van der Waals surface area contributed by atoms with Crippen molar-refractivity contribution in [1.82, 2.24) is 5.32 Å². The number of hydrogen-bond acceptors (Lipinski definition) is 4. The van der Waals surface area contributed by atoms with Gasteiger partial charge in [0.05, 0.1) is 27.0 Å². The minimum Gasteiger partial charge on any atom is -0.497 e. The van der Waals surface area contributed by atoms with E-state index in [2.05, 4.69) is 30.3 Å². The van der Waals surface area contributed by atoms with Gasteiger partial charge in [-0.05, 0) is 42.7 Å². The van der Waals surface area contributed by atoms with Crippen LogP contribution in [0, 0.1) is 11.8 Å². The second-order valence-corrected chi connectivity index (χ2v) is 14.6. The predicted molar refractivity (Wildman–Crippen MR) is 130 cm³/mol. The van der Waals surface area contributed by atoms with Crippen molar-refractivity contribution in [2.24, 2.45) is 11.8 Å². The van der Waals surface area contributed by atoms with E-state index in [0.717, 1.165) is 0 Å². The minimum absolute atomic E-state index is 0.390. The molecule has 2 aromatic rings. The van der Waals surface area contributed by atoms with E-state index in [9.17, 15) is 19.5 Å². The summed E-state index contributed by atoms with van der Waals surface area (Å²) in [6.45, 7) is 6.76. The summed E-state index contributed by atoms with van der Waals surface area (Å²) in [4.78, 5) is 37.8. The third-order valence-electron chi connectivity index (χ3n) is 6.19. The number of carboxylic acids is 1. The monoisotopic (exact) mass is 468 g/mol. The number of nitrogens with one attached hydrogen (secondary N) is 2. The highest BCUT2D eigenvalue weighted by Gasteiger charge is 2.39. The van der Waals surface area contributed by atoms with Crippen LogP contribution in [0.5, 0.6) is 5.75 Å². The summed E-state index contributed by atoms with van der Waals surface area (Å²) in [6.07, 6.45) is 1.64. The second kappa shape index (κ2) is 10.2. The molecular weight excluding hydrogens is 436 g/mol. The summed E-state index contributed by atoms with van der Waals surface area (Å²) >= 11 is 0. The maximum atomic E-state index is 13.3. The van der Waals surface area contributed by atoms with Gasteiger partial charge in [-0.15, -0.1) is 0 Å². The first kappa shape index (κ1) is 24.5. The summed E-state index contributed by atoms with van der Waals surface area (Å²) in [5, 5.41) is 16.4. The molecule has 0 radical (unpaired) electrons. The van der Waals surface area contributed by atoms with Gasteiger partial charge in [-0.3, -0.25) is 14.4 Å². The van der Waals surface area contributed by atoms with E-state index >= 15 is 0 Å². The Labute approximate surface area is 195 Å². The van der Waals surface area contributed by atoms with Crippen LogP contribution in [0.15, 0.2) is 48.5 Å². The molecule has 33 heavy (non-hydrogen) atoms. The van der Waals surface area contributed by atoms with Gasteiger partial charge in [-0.1, -0.05) is 55.5 Å². The fourth-order valence-corrected chi connectivity index (χ4v) is 5.35. The molecule has 0 spiro atoms. The van der Waals surface area contributed by atoms with E-state index < -0.39 is 37.8 Å². The lowest BCUT2D eigenvalue weighted by Crippen LogP contribution is -2.42. The second-order valence-electron chi connectivity index (χ2n) is 9.51. The molecule has 2 aromatic carbocycles. The zero-order chi connectivity index (χ0) is 24.2. The summed E-state index contributed by atoms with van der Waals surface area (Å²) in [7, 11) is 0.0906. The lowest BCUT2D eigenvalue weighted by atomic mass is 9.94. The number of anilines is 1. The van der Waals surface area contributed by atoms with Gasteiger partial charge in [0.2, 0.25) is 5.91 Å². The topological polar surface area (TPSA) is 105 Å². The SMILES string of the molecule is COc1ccc(C(NC(=O)[C@@H]2CCC[C@@H]2C(=O)O)C(=O)Nc2ccc([Si](C)(C)C)cc2)cc1. The number of ether oxygens (including phenoxy) is 1. The molecule has 3 N–H and O–H groups in total. The molecule has 0 aliphatic heterocycles. The van der Waals surface area contributed by atoms with Gasteiger partial charge in [-0.25, -0.2) is 0 Å². The number of carbonyl (C=O) groups excluding carboxylic acids is 2. The lowest BCUT2D eigenvalue weighted by Gasteiger charge is -2.23. The summed E-state index contributed by atoms with van der Waals surface area (Å²) in [5.41, 5.74) is 1.23. The molecule has 0 saturated heterocycles. The first-order valence-electron chi connectivity index (χ1n) is 11.2. The standard InChI is InChI=1S/C25H32N2O5Si/c1-32-18-12-8-16(9-13-18)22(27-23(28)20-6-5-7-21(20)25(30)31)24(29)26-17-10-14-19(15-11-17)33(2,3)4/h8-15,20-22H,5-7H2,1-4H3,(H,26,29)(H,27,28)(H,30,31)/t20-,21+,22?/m1/s1. The lowest BCUT2D eigenvalue weighted by molar-refractivity contribution is -0.146. The van der Waals surface area contributed by atoms with Crippen LogP contribution in [0.4, 0.5) is 5.69 Å². The van der Waals surface area contributed by atoms with E-state index in [1.807, 2.05) is 24.3 Å². The molecule has 7 nitrogen and oxygen atoms in total. The van der Waals surface area contributed by atoms with Crippen LogP contribution < -0.4 is 20.6 Å². The molecule has 1 aliphatic rings. The number of rotatable bonds is 8. The van der Waals surface area contributed by atoms with Crippen molar-refractivity contribution in [3.8, 4) is 5.75 Å². The fraction of sp³-hybridized carbons (Fsp3) is 0.400. The zero-order valence-corrected chi connectivity index (χ0v) is 20.6. The third-order valence-corrected chi connectivity index (χ3v) is 8.25. The molecule has 0 aromatic heterocycles. The van der Waals surface area contributed by atoms with Crippen molar-refractivity contribution in [3.63, 3.8) is 0 Å². The number of amides is 2. The van der Waals surface area contributed by atoms with Gasteiger partial charge in [0.15, 0.2) is 0 Å². The predicted octanol–water partition coefficient (Wildman–Crippen LogP) is 3.54. The van der Waals surface area contributed by atoms with Gasteiger partial charge in [0.25, 0.3) is 5.91 Å². The van der Waals surface area contributed by atoms with E-state index in [1.54, 1.807) is 31.4 Å². The van der Waals surface area contributed by atoms with Crippen LogP contribution in [0.25, 0.3) is 0 Å². The number of hydrogen-bond donors (Lipinski definition) is 3. The number of benzene rings is 2. The average Bonchev–Trinajstić information content (AvgIpc) is 3.28. The van der Waals surface area contributed by atoms with Gasteiger partial charge in [-0.2, -0.15) is 0 Å². The summed E-state index contributed by atoms with van der Waals surface area (Å²) < 4.78 is 5.20. The number of aliphatic carboxylic acids is 1. The van der Waals surface area contributed by atoms with Gasteiger partial charge >= 0.3 is 5.97 Å². The molecule has 8 heteroatoms. The molecule has 3 atom stereocenters. The van der Waals surface area contributed by atoms with E-state index in [-0.39, 0.29) is 5.91 Å². The number of carboxylic acid groups (broad SMARTS) is 1. The molecule has 2 amide bonds. The maximum absolute atomic E-state index is 13.3. The Balaban J connectivity index is 1.82. The normalized spacial score (nSPS) is 18.9. The molecule has 1 saturated carbocycles. The first-order chi connectivity index (χ1) is 15.6. The van der Waals surface area contributed by atoms with Crippen molar-refractivity contribution in [1.29, 1.82) is 0 Å². The van der Waals surface area contributed by atoms with Crippen molar-refractivity contribution >= 4 is 36.7 Å². The quantitative estimate of drug-likeness (QED) is 0.514. The van der Waals surface area contributed by atoms with Crippen molar-refractivity contribution in [3.05, 3.63) is 54.1 Å². The van der Waals surface area contributed by atoms with Gasteiger partial charge in [0, 0.05) is 5.69 Å². The van der Waals surface area contributed by atoms with Crippen molar-refractivity contribution in [2.75, 3.05) is 12.4 Å².